The van der Waals surface area contributed by atoms with Gasteiger partial charge in [-0.2, -0.15) is 10.2 Å². The van der Waals surface area contributed by atoms with E-state index >= 15 is 0 Å². The van der Waals surface area contributed by atoms with Gasteiger partial charge in [0, 0.05) is 39.9 Å². The van der Waals surface area contributed by atoms with Crippen LogP contribution in [0.2, 0.25) is 10.0 Å². The monoisotopic (exact) mass is 1150 g/mol. The van der Waals surface area contributed by atoms with Gasteiger partial charge in [0.15, 0.2) is 19.7 Å². The number of nitrogens with two attached hydrogens (primary N) is 1. The van der Waals surface area contributed by atoms with Gasteiger partial charge in [0.2, 0.25) is 0 Å². The van der Waals surface area contributed by atoms with Crippen LogP contribution < -0.4 is 16.9 Å². The summed E-state index contributed by atoms with van der Waals surface area (Å²) in [7, 11) is -6.96. The zero-order chi connectivity index (χ0) is 54.8. The minimum absolute atomic E-state index is 0. The number of aromatic nitrogens is 4. The Labute approximate surface area is 464 Å². The molecule has 4 N–H and O–H groups in total. The number of sulfone groups is 2. The van der Waals surface area contributed by atoms with Crippen molar-refractivity contribution in [2.24, 2.45) is 37.5 Å². The van der Waals surface area contributed by atoms with Crippen LogP contribution in [0.5, 0.6) is 11.5 Å². The summed E-state index contributed by atoms with van der Waals surface area (Å²) in [6.45, 7) is 13.5. The molecule has 5 aromatic carbocycles. The largest absolute Gasteiger partial charge is 1.00 e. The van der Waals surface area contributed by atoms with Crippen molar-refractivity contribution in [1.29, 1.82) is 0 Å². The van der Waals surface area contributed by atoms with Gasteiger partial charge in [-0.3, -0.25) is 0 Å². The molecular weight excluding hydrogens is 1090 g/mol. The molecule has 7 aromatic rings. The van der Waals surface area contributed by atoms with Crippen molar-refractivity contribution in [2.75, 3.05) is 19.1 Å². The fraction of sp³-hybridized carbons (Fsp3) is 0.333. The number of phenols is 2. The number of hydrogen-bond acceptors (Lipinski definition) is 15. The molecule has 0 spiro atoms. The third-order valence-corrected chi connectivity index (χ3v) is 16.7. The number of hydrogen-bond donors (Lipinski definition) is 3. The van der Waals surface area contributed by atoms with Gasteiger partial charge in [-0.15, -0.1) is 11.4 Å². The molecule has 0 bridgehead atoms. The summed E-state index contributed by atoms with van der Waals surface area (Å²) in [5.41, 5.74) is 11.9. The van der Waals surface area contributed by atoms with E-state index in [0.717, 1.165) is 34.3 Å². The molecule has 0 amide bonds. The summed E-state index contributed by atoms with van der Waals surface area (Å²) < 4.78 is 48.8. The van der Waals surface area contributed by atoms with E-state index in [1.807, 2.05) is 0 Å². The Balaban J connectivity index is 0.000000212. The second-order valence-corrected chi connectivity index (χ2v) is 24.7. The number of azo groups is 2. The van der Waals surface area contributed by atoms with Crippen LogP contribution in [0, 0.1) is 25.2 Å². The Kier molecular flexibility index (Phi) is 18.4. The van der Waals surface area contributed by atoms with Crippen LogP contribution >= 0.6 is 23.2 Å². The van der Waals surface area contributed by atoms with E-state index in [4.69, 9.17) is 28.9 Å². The number of aromatic hydroxyl groups is 2. The topological polar surface area (TPSA) is 254 Å². The Morgan fingerprint density at radius 2 is 1.21 bits per heavy atom. The molecule has 3 atom stereocenters. The van der Waals surface area contributed by atoms with Crippen molar-refractivity contribution in [3.63, 3.8) is 0 Å². The van der Waals surface area contributed by atoms with Crippen LogP contribution in [0.4, 0.5) is 22.7 Å². The van der Waals surface area contributed by atoms with Gasteiger partial charge in [0.05, 0.1) is 21.2 Å². The van der Waals surface area contributed by atoms with Crippen molar-refractivity contribution in [3.05, 3.63) is 162 Å². The summed E-state index contributed by atoms with van der Waals surface area (Å²) in [5, 5.41) is 44.3. The molecular formula is C54H60Cl2CrN9O8S2-. The molecule has 0 radical (unpaired) electrons. The van der Waals surface area contributed by atoms with Gasteiger partial charge in [-0.25, -0.2) is 36.4 Å². The summed E-state index contributed by atoms with van der Waals surface area (Å²) in [4.78, 5) is 25.1. The molecule has 0 unspecified atom stereocenters. The van der Waals surface area contributed by atoms with Gasteiger partial charge in [0.1, 0.15) is 34.0 Å². The molecule has 402 valence electrons. The second kappa shape index (κ2) is 23.6. The van der Waals surface area contributed by atoms with Crippen molar-refractivity contribution in [3.8, 4) is 22.9 Å². The summed E-state index contributed by atoms with van der Waals surface area (Å²) >= 11 is 11.9. The number of rotatable bonds is 10. The van der Waals surface area contributed by atoms with E-state index in [0.29, 0.717) is 49.6 Å². The fourth-order valence-electron chi connectivity index (χ4n) is 9.87. The number of aryl methyl sites for hydroxylation is 3. The fourth-order valence-corrected chi connectivity index (χ4v) is 11.5. The zero-order valence-electron chi connectivity index (χ0n) is 44.2. The molecule has 22 heteroatoms. The van der Waals surface area contributed by atoms with Gasteiger partial charge >= 0.3 is 1.43 Å². The minimum atomic E-state index is -3.48. The average Bonchev–Trinajstić information content (AvgIpc) is 3.81. The van der Waals surface area contributed by atoms with Crippen LogP contribution in [0.25, 0.3) is 11.4 Å². The Bertz CT molecular complexity index is 3520. The zero-order valence-corrected chi connectivity index (χ0v) is 47.6. The number of benzene rings is 5. The van der Waals surface area contributed by atoms with E-state index in [1.54, 1.807) is 73.5 Å². The molecule has 2 aliphatic rings. The molecule has 2 aromatic heterocycles. The molecule has 2 heterocycles. The summed E-state index contributed by atoms with van der Waals surface area (Å²) in [6, 6.07) is 27.8. The normalized spacial score (nSPS) is 18.3. The van der Waals surface area contributed by atoms with Gasteiger partial charge < -0.3 is 35.8 Å². The third kappa shape index (κ3) is 13.0. The Morgan fingerprint density at radius 3 is 1.63 bits per heavy atom. The van der Waals surface area contributed by atoms with Gasteiger partial charge in [-0.05, 0) is 144 Å². The summed E-state index contributed by atoms with van der Waals surface area (Å²) in [6.07, 6.45) is 8.60. The Hall–Kier alpha value is -6.11. The number of nitrogens with zero attached hydrogens (tertiary/aromatic N) is 8. The van der Waals surface area contributed by atoms with E-state index in [1.165, 1.54) is 74.1 Å². The molecule has 9 rings (SSSR count). The summed E-state index contributed by atoms with van der Waals surface area (Å²) in [5.74, 6) is 0.847. The smallest absolute Gasteiger partial charge is 0.506 e. The SMILES string of the molecule is CC(C)c1ccc2c(c1)CC[C@H]1[C@](C)(CN)CCC[C@]21C.Cc1nn(-c2cccc(Cl)c2)c(=O)[c-]1N=Nc1cc(S(C)(=O)=O)ccc1O.Cc1nn(-c2cccc(Cl)c2)c(=O)[c-]1N=Nc1cc(S(C)(=O)=O)ccc1O.[Cr].[H+]. The van der Waals surface area contributed by atoms with Crippen LogP contribution in [0.15, 0.2) is 143 Å². The van der Waals surface area contributed by atoms with Crippen LogP contribution in [-0.2, 0) is 48.9 Å². The first-order valence-electron chi connectivity index (χ1n) is 24.0. The molecule has 2 aliphatic carbocycles. The number of halogens is 2. The number of fused-ring (bicyclic) bond motifs is 3. The molecule has 0 saturated heterocycles. The predicted octanol–water partition coefficient (Wildman–Crippen LogP) is 11.8. The molecule has 17 nitrogen and oxygen atoms in total. The minimum Gasteiger partial charge on any atom is -0.506 e. The van der Waals surface area contributed by atoms with Crippen molar-refractivity contribution in [1.82, 2.24) is 19.6 Å². The predicted molar refractivity (Wildman–Crippen MR) is 293 cm³/mol. The maximum atomic E-state index is 12.6. The third-order valence-electron chi connectivity index (χ3n) is 14.0. The average molecular weight is 1150 g/mol. The maximum absolute atomic E-state index is 12.6. The molecule has 1 fully saturated rings. The molecule has 76 heavy (non-hydrogen) atoms. The first-order chi connectivity index (χ1) is 35.2. The van der Waals surface area contributed by atoms with E-state index in [2.05, 4.69) is 76.5 Å². The van der Waals surface area contributed by atoms with Crippen LogP contribution in [0.1, 0.15) is 88.8 Å². The quantitative estimate of drug-likeness (QED) is 0.0857. The van der Waals surface area contributed by atoms with E-state index in [-0.39, 0.29) is 62.8 Å². The number of phenolic OH excluding ortho intramolecular Hbond substituents is 2. The second-order valence-electron chi connectivity index (χ2n) is 19.8. The van der Waals surface area contributed by atoms with E-state index < -0.39 is 30.8 Å². The van der Waals surface area contributed by atoms with Crippen LogP contribution in [0.3, 0.4) is 0 Å². The first-order valence-corrected chi connectivity index (χ1v) is 28.6. The Morgan fingerprint density at radius 1 is 0.737 bits per heavy atom. The molecule has 1 saturated carbocycles. The maximum Gasteiger partial charge on any atom is 1.00 e. The standard InChI is InChI=1S/C20H31N.2C17H14ClN4O4S.Cr/c1-14(2)15-6-8-17-16(12-15)7-9-18-19(3,13-21)10-5-11-20(17,18)4;2*1-10-16(17(24)22(21-10)12-5-3-4-11(18)8-12)20-19-14-9-13(27(2,25)26)6-7-15(14)23;/h6,8,12,14,18H,5,7,9-11,13,21H2,1-4H3;2*3-9,23H,1-2H3;/q;2*-1;/p+1/t18-,19-,20+;;;/m0.../s1. The van der Waals surface area contributed by atoms with E-state index in [9.17, 15) is 36.6 Å². The molecule has 0 aliphatic heterocycles. The van der Waals surface area contributed by atoms with Crippen molar-refractivity contribution in [2.45, 2.75) is 94.8 Å². The van der Waals surface area contributed by atoms with Gasteiger partial charge in [0.25, 0.3) is 0 Å². The van der Waals surface area contributed by atoms with Gasteiger partial charge in [-0.1, -0.05) is 113 Å². The van der Waals surface area contributed by atoms with Crippen molar-refractivity contribution >= 4 is 65.6 Å². The van der Waals surface area contributed by atoms with Crippen LogP contribution in [-0.4, -0.2) is 65.7 Å². The first kappa shape index (κ1) is 59.1. The van der Waals surface area contributed by atoms with Crippen molar-refractivity contribution < 1.29 is 45.8 Å².